The number of rotatable bonds is 6. The van der Waals surface area contributed by atoms with Gasteiger partial charge in [0.2, 0.25) is 11.8 Å². The van der Waals surface area contributed by atoms with E-state index in [2.05, 4.69) is 20.8 Å². The largest absolute Gasteiger partial charge is 0.481 e. The number of nitrogens with zero attached hydrogens (tertiary/aromatic N) is 2. The summed E-state index contributed by atoms with van der Waals surface area (Å²) in [7, 11) is 0. The summed E-state index contributed by atoms with van der Waals surface area (Å²) in [5.41, 5.74) is -1.81. The summed E-state index contributed by atoms with van der Waals surface area (Å²) in [5, 5.41) is 21.8. The molecule has 0 aliphatic carbocycles. The van der Waals surface area contributed by atoms with Gasteiger partial charge in [0.1, 0.15) is 0 Å². The first-order valence-corrected chi connectivity index (χ1v) is 6.14. The molecule has 3 N–H and O–H groups in total. The summed E-state index contributed by atoms with van der Waals surface area (Å²) in [4.78, 5) is 22.9. The quantitative estimate of drug-likeness (QED) is 0.707. The Hall–Kier alpha value is -1.96. The first kappa shape index (κ1) is 16.1. The Kier molecular flexibility index (Phi) is 4.49. The van der Waals surface area contributed by atoms with Crippen LogP contribution in [-0.2, 0) is 9.59 Å². The summed E-state index contributed by atoms with van der Waals surface area (Å²) < 4.78 is 5.02. The number of carboxylic acid groups (broad SMARTS) is 1. The van der Waals surface area contributed by atoms with Gasteiger partial charge in [-0.05, 0) is 27.7 Å². The maximum Gasteiger partial charge on any atom is 0.322 e. The monoisotopic (exact) mass is 284 g/mol. The van der Waals surface area contributed by atoms with Gasteiger partial charge in [-0.15, -0.1) is 5.10 Å². The van der Waals surface area contributed by atoms with Crippen LogP contribution in [0, 0.1) is 12.3 Å². The van der Waals surface area contributed by atoms with Crippen molar-refractivity contribution in [2.75, 3.05) is 11.9 Å². The van der Waals surface area contributed by atoms with E-state index >= 15 is 0 Å². The number of carbonyl (C=O) groups is 2. The molecule has 0 spiro atoms. The average Bonchev–Trinajstić information content (AvgIpc) is 2.72. The average molecular weight is 284 g/mol. The first-order chi connectivity index (χ1) is 9.06. The maximum atomic E-state index is 11.7. The van der Waals surface area contributed by atoms with Gasteiger partial charge in [-0.2, -0.15) is 0 Å². The minimum Gasteiger partial charge on any atom is -0.481 e. The fourth-order valence-corrected chi connectivity index (χ4v) is 1.30. The van der Waals surface area contributed by atoms with Crippen molar-refractivity contribution in [1.29, 1.82) is 0 Å². The molecule has 0 atom stereocenters. The number of carbonyl (C=O) groups excluding carboxylic acids is 1. The summed E-state index contributed by atoms with van der Waals surface area (Å²) in [6, 6.07) is 0.0181. The molecule has 0 aliphatic rings. The van der Waals surface area contributed by atoms with Gasteiger partial charge in [0.25, 0.3) is 0 Å². The minimum atomic E-state index is -1.03. The van der Waals surface area contributed by atoms with Crippen LogP contribution in [0.3, 0.4) is 0 Å². The third-order valence-electron chi connectivity index (χ3n) is 3.56. The molecule has 1 amide bonds. The first-order valence-electron chi connectivity index (χ1n) is 6.14. The van der Waals surface area contributed by atoms with Crippen molar-refractivity contribution in [3.8, 4) is 0 Å². The van der Waals surface area contributed by atoms with Crippen molar-refractivity contribution in [3.63, 3.8) is 0 Å². The second-order valence-electron chi connectivity index (χ2n) is 5.58. The molecule has 0 aliphatic heterocycles. The normalized spacial score (nSPS) is 12.2. The second-order valence-corrected chi connectivity index (χ2v) is 5.58. The van der Waals surface area contributed by atoms with Crippen LogP contribution in [0.2, 0.25) is 0 Å². The number of aromatic nitrogens is 2. The van der Waals surface area contributed by atoms with E-state index in [0.717, 1.165) is 0 Å². The van der Waals surface area contributed by atoms with Crippen LogP contribution in [0.1, 0.15) is 33.6 Å². The Morgan fingerprint density at radius 3 is 2.30 bits per heavy atom. The molecule has 0 aromatic carbocycles. The summed E-state index contributed by atoms with van der Waals surface area (Å²) in [6.07, 6.45) is 0. The van der Waals surface area contributed by atoms with Crippen molar-refractivity contribution < 1.29 is 19.1 Å². The van der Waals surface area contributed by atoms with E-state index in [1.54, 1.807) is 34.6 Å². The highest BCUT2D eigenvalue weighted by atomic mass is 16.4. The lowest BCUT2D eigenvalue weighted by Gasteiger charge is -2.38. The van der Waals surface area contributed by atoms with Gasteiger partial charge in [-0.1, -0.05) is 5.10 Å². The SMILES string of the molecule is Cc1nnc(NC(=O)CNC(C)(C)C(C)(C)C(=O)O)o1. The van der Waals surface area contributed by atoms with Crippen molar-refractivity contribution >= 4 is 17.9 Å². The molecule has 0 saturated heterocycles. The van der Waals surface area contributed by atoms with E-state index in [4.69, 9.17) is 4.42 Å². The van der Waals surface area contributed by atoms with Crippen LogP contribution < -0.4 is 10.6 Å². The smallest absolute Gasteiger partial charge is 0.322 e. The molecular formula is C12H20N4O4. The van der Waals surface area contributed by atoms with Crippen molar-refractivity contribution in [1.82, 2.24) is 15.5 Å². The Morgan fingerprint density at radius 2 is 1.85 bits per heavy atom. The van der Waals surface area contributed by atoms with Crippen LogP contribution in [-0.4, -0.2) is 39.3 Å². The van der Waals surface area contributed by atoms with Crippen molar-refractivity contribution in [3.05, 3.63) is 5.89 Å². The number of hydrogen-bond acceptors (Lipinski definition) is 6. The lowest BCUT2D eigenvalue weighted by molar-refractivity contribution is -0.151. The number of carboxylic acids is 1. The van der Waals surface area contributed by atoms with Crippen LogP contribution in [0.5, 0.6) is 0 Å². The zero-order valence-electron chi connectivity index (χ0n) is 12.3. The Labute approximate surface area is 116 Å². The third kappa shape index (κ3) is 3.53. The lowest BCUT2D eigenvalue weighted by Crippen LogP contribution is -2.56. The van der Waals surface area contributed by atoms with E-state index in [1.165, 1.54) is 0 Å². The highest BCUT2D eigenvalue weighted by Gasteiger charge is 2.43. The summed E-state index contributed by atoms with van der Waals surface area (Å²) >= 11 is 0. The molecule has 0 bridgehead atoms. The topological polar surface area (TPSA) is 117 Å². The van der Waals surface area contributed by atoms with Gasteiger partial charge in [0, 0.05) is 12.5 Å². The number of nitrogens with one attached hydrogen (secondary N) is 2. The molecule has 112 valence electrons. The maximum absolute atomic E-state index is 11.7. The van der Waals surface area contributed by atoms with Crippen molar-refractivity contribution in [2.45, 2.75) is 40.2 Å². The van der Waals surface area contributed by atoms with Crippen LogP contribution in [0.25, 0.3) is 0 Å². The van der Waals surface area contributed by atoms with Gasteiger partial charge < -0.3 is 14.8 Å². The van der Waals surface area contributed by atoms with E-state index in [1.807, 2.05) is 0 Å². The fraction of sp³-hybridized carbons (Fsp3) is 0.667. The molecule has 8 heteroatoms. The van der Waals surface area contributed by atoms with E-state index in [0.29, 0.717) is 5.89 Å². The van der Waals surface area contributed by atoms with E-state index in [-0.39, 0.29) is 18.5 Å². The molecule has 0 radical (unpaired) electrons. The molecule has 0 fully saturated rings. The Balaban J connectivity index is 2.58. The zero-order chi connectivity index (χ0) is 15.6. The lowest BCUT2D eigenvalue weighted by atomic mass is 9.74. The molecule has 1 heterocycles. The number of hydrogen-bond donors (Lipinski definition) is 3. The molecule has 1 aromatic heterocycles. The molecular weight excluding hydrogens is 264 g/mol. The van der Waals surface area contributed by atoms with Crippen LogP contribution in [0.4, 0.5) is 6.01 Å². The molecule has 0 saturated carbocycles. The Bertz CT molecular complexity index is 507. The molecule has 8 nitrogen and oxygen atoms in total. The van der Waals surface area contributed by atoms with Crippen molar-refractivity contribution in [2.24, 2.45) is 5.41 Å². The zero-order valence-corrected chi connectivity index (χ0v) is 12.3. The highest BCUT2D eigenvalue weighted by molar-refractivity contribution is 5.90. The predicted octanol–water partition coefficient (Wildman–Crippen LogP) is 0.796. The van der Waals surface area contributed by atoms with Gasteiger partial charge in [0.05, 0.1) is 12.0 Å². The summed E-state index contributed by atoms with van der Waals surface area (Å²) in [6.45, 7) is 8.20. The van der Waals surface area contributed by atoms with E-state index < -0.39 is 16.9 Å². The van der Waals surface area contributed by atoms with E-state index in [9.17, 15) is 14.7 Å². The molecule has 1 rings (SSSR count). The molecule has 0 unspecified atom stereocenters. The van der Waals surface area contributed by atoms with Gasteiger partial charge in [-0.3, -0.25) is 14.9 Å². The summed E-state index contributed by atoms with van der Waals surface area (Å²) in [5.74, 6) is -0.980. The van der Waals surface area contributed by atoms with Crippen LogP contribution in [0.15, 0.2) is 4.42 Å². The van der Waals surface area contributed by atoms with Gasteiger partial charge in [0.15, 0.2) is 0 Å². The number of aliphatic carboxylic acids is 1. The molecule has 20 heavy (non-hydrogen) atoms. The van der Waals surface area contributed by atoms with Gasteiger partial charge in [-0.25, -0.2) is 0 Å². The highest BCUT2D eigenvalue weighted by Crippen LogP contribution is 2.30. The standard InChI is InChI=1S/C12H20N4O4/c1-7-15-16-10(20-7)14-8(17)6-13-12(4,5)11(2,3)9(18)19/h13H,6H2,1-5H3,(H,18,19)(H,14,16,17). The number of anilines is 1. The number of amides is 1. The van der Waals surface area contributed by atoms with Gasteiger partial charge >= 0.3 is 12.0 Å². The fourth-order valence-electron chi connectivity index (χ4n) is 1.30. The third-order valence-corrected chi connectivity index (χ3v) is 3.56. The van der Waals surface area contributed by atoms with Crippen LogP contribution >= 0.6 is 0 Å². The second kappa shape index (κ2) is 5.58. The predicted molar refractivity (Wildman–Crippen MR) is 71.2 cm³/mol. The minimum absolute atomic E-state index is 0.0181. The Morgan fingerprint density at radius 1 is 1.25 bits per heavy atom. The molecule has 1 aromatic rings. The number of aryl methyl sites for hydroxylation is 1.